The van der Waals surface area contributed by atoms with Gasteiger partial charge < -0.3 is 15.3 Å². The van der Waals surface area contributed by atoms with Crippen molar-refractivity contribution >= 4 is 13.3 Å². The van der Waals surface area contributed by atoms with Crippen molar-refractivity contribution in [2.45, 2.75) is 134 Å². The fourth-order valence-electron chi connectivity index (χ4n) is 6.30. The van der Waals surface area contributed by atoms with Gasteiger partial charge in [0.05, 0.1) is 27.9 Å². The highest BCUT2D eigenvalue weighted by Gasteiger charge is 2.18. The van der Waals surface area contributed by atoms with Gasteiger partial charge in [0.15, 0.2) is 0 Å². The lowest BCUT2D eigenvalue weighted by atomic mass is 9.88. The molecule has 4 aromatic carbocycles. The largest absolute Gasteiger partial charge is 0.396 e. The number of rotatable bonds is 12. The molecule has 55 heavy (non-hydrogen) atoms. The van der Waals surface area contributed by atoms with Crippen LogP contribution in [0.2, 0.25) is 19.6 Å². The van der Waals surface area contributed by atoms with E-state index in [2.05, 4.69) is 200 Å². The van der Waals surface area contributed by atoms with Gasteiger partial charge in [-0.15, -0.1) is 0 Å². The first-order chi connectivity index (χ1) is 25.3. The molecule has 4 rings (SSSR count). The Balaban J connectivity index is 0.000000704. The van der Waals surface area contributed by atoms with Gasteiger partial charge in [0, 0.05) is 17.8 Å². The molecule has 0 bridgehead atoms. The van der Waals surface area contributed by atoms with Gasteiger partial charge in [-0.05, 0) is 72.6 Å². The van der Waals surface area contributed by atoms with E-state index in [0.29, 0.717) is 23.7 Å². The highest BCUT2D eigenvalue weighted by molar-refractivity contribution is 6.88. The van der Waals surface area contributed by atoms with Crippen molar-refractivity contribution in [1.82, 2.24) is 0 Å². The van der Waals surface area contributed by atoms with Crippen LogP contribution in [-0.2, 0) is 0 Å². The topological polar surface area (TPSA) is 60.7 Å². The van der Waals surface area contributed by atoms with Crippen LogP contribution in [0.3, 0.4) is 0 Å². The first kappa shape index (κ1) is 52.0. The quantitative estimate of drug-likeness (QED) is 0.126. The second kappa shape index (κ2) is 26.0. The van der Waals surface area contributed by atoms with Crippen LogP contribution in [0.5, 0.6) is 0 Å². The Morgan fingerprint density at radius 2 is 0.764 bits per heavy atom. The number of hydrogen-bond acceptors (Lipinski definition) is 3. The van der Waals surface area contributed by atoms with Gasteiger partial charge in [-0.3, -0.25) is 0 Å². The molecule has 3 N–H and O–H groups in total. The molecule has 0 heterocycles. The van der Waals surface area contributed by atoms with Gasteiger partial charge in [-0.1, -0.05) is 208 Å². The van der Waals surface area contributed by atoms with Gasteiger partial charge in [-0.2, -0.15) is 0 Å². The summed E-state index contributed by atoms with van der Waals surface area (Å²) in [5.74, 6) is 3.71. The molecule has 4 aromatic rings. The summed E-state index contributed by atoms with van der Waals surface area (Å²) in [6, 6.07) is 34.5. The van der Waals surface area contributed by atoms with Crippen molar-refractivity contribution in [1.29, 1.82) is 0 Å². The first-order valence-corrected chi connectivity index (χ1v) is 23.9. The molecule has 0 saturated heterocycles. The van der Waals surface area contributed by atoms with E-state index in [0.717, 1.165) is 5.92 Å². The van der Waals surface area contributed by atoms with Crippen LogP contribution >= 0.6 is 0 Å². The van der Waals surface area contributed by atoms with E-state index in [-0.39, 0.29) is 45.0 Å². The van der Waals surface area contributed by atoms with E-state index in [1.807, 2.05) is 0 Å². The second-order valence-corrected chi connectivity index (χ2v) is 22.8. The zero-order valence-electron chi connectivity index (χ0n) is 36.8. The van der Waals surface area contributed by atoms with Crippen molar-refractivity contribution in [2.24, 2.45) is 23.7 Å². The SMILES string of the molecule is C.CC(C)C(C)c1ccc([Si](C)(C)C)cc1.Cc1ccc(C(CO)C(C)C)cc1.Cc1ccc(C(CO)C(C)C)cc1.Cc1cccc(C(CO)C(C)C)c1. The lowest BCUT2D eigenvalue weighted by Crippen LogP contribution is -2.37. The Morgan fingerprint density at radius 3 is 1.05 bits per heavy atom. The fraction of sp³-hybridized carbons (Fsp3) is 0.529. The monoisotopic (exact) mass is 771 g/mol. The molecule has 0 aliphatic heterocycles. The Kier molecular flexibility index (Phi) is 24.6. The average molecular weight is 771 g/mol. The maximum Gasteiger partial charge on any atom is 0.0775 e. The van der Waals surface area contributed by atoms with Crippen LogP contribution in [0.25, 0.3) is 0 Å². The number of aliphatic hydroxyl groups excluding tert-OH is 3. The molecule has 0 amide bonds. The minimum absolute atomic E-state index is 0. The van der Waals surface area contributed by atoms with Crippen molar-refractivity contribution in [3.63, 3.8) is 0 Å². The maximum absolute atomic E-state index is 9.24. The standard InChI is InChI=1S/C14H24Si.3C12H18O.CH4/c1-11(2)12(3)13-7-9-14(10-8-13)15(4,5)6;2*1-9(2)12(8-13)11-6-4-10(3)5-7-11;1-9(2)12(8-13)11-6-4-5-10(3)7-11;/h7-12H,1-6H3;3*4-7,9,12-13H,8H2,1-3H3;1H4. The molecular weight excluding hydrogens is 689 g/mol. The zero-order valence-corrected chi connectivity index (χ0v) is 37.8. The minimum atomic E-state index is -1.12. The average Bonchev–Trinajstić information content (AvgIpc) is 3.10. The van der Waals surface area contributed by atoms with Crippen LogP contribution in [0.15, 0.2) is 97.1 Å². The molecule has 3 nitrogen and oxygen atoms in total. The molecule has 4 atom stereocenters. The van der Waals surface area contributed by atoms with E-state index >= 15 is 0 Å². The Morgan fingerprint density at radius 1 is 0.418 bits per heavy atom. The summed E-state index contributed by atoms with van der Waals surface area (Å²) in [6.45, 7) is 33.9. The highest BCUT2D eigenvalue weighted by Crippen LogP contribution is 2.26. The van der Waals surface area contributed by atoms with E-state index in [1.54, 1.807) is 5.19 Å². The Bertz CT molecular complexity index is 1490. The Labute approximate surface area is 340 Å². The maximum atomic E-state index is 9.24. The minimum Gasteiger partial charge on any atom is -0.396 e. The summed E-state index contributed by atoms with van der Waals surface area (Å²) in [5, 5.41) is 29.2. The van der Waals surface area contributed by atoms with Crippen LogP contribution in [0.4, 0.5) is 0 Å². The van der Waals surface area contributed by atoms with Crippen molar-refractivity contribution in [3.8, 4) is 0 Å². The second-order valence-electron chi connectivity index (χ2n) is 17.7. The summed E-state index contributed by atoms with van der Waals surface area (Å²) in [7, 11) is -1.12. The molecule has 0 aromatic heterocycles. The van der Waals surface area contributed by atoms with Crippen LogP contribution in [0, 0.1) is 44.4 Å². The first-order valence-electron chi connectivity index (χ1n) is 20.4. The molecule has 4 heteroatoms. The lowest BCUT2D eigenvalue weighted by Gasteiger charge is -2.20. The summed E-state index contributed by atoms with van der Waals surface area (Å²) in [6.07, 6.45) is 0. The van der Waals surface area contributed by atoms with Crippen LogP contribution in [-0.4, -0.2) is 43.2 Å². The zero-order chi connectivity index (χ0) is 41.2. The van der Waals surface area contributed by atoms with Gasteiger partial charge in [0.2, 0.25) is 0 Å². The molecule has 0 aliphatic carbocycles. The summed E-state index contributed by atoms with van der Waals surface area (Å²) < 4.78 is 0. The van der Waals surface area contributed by atoms with E-state index in [9.17, 15) is 15.3 Å². The van der Waals surface area contributed by atoms with Crippen LogP contribution in [0.1, 0.15) is 132 Å². The molecule has 4 unspecified atom stereocenters. The van der Waals surface area contributed by atoms with Crippen molar-refractivity contribution in [3.05, 3.63) is 136 Å². The van der Waals surface area contributed by atoms with E-state index < -0.39 is 8.07 Å². The number of benzene rings is 4. The number of hydrogen-bond donors (Lipinski definition) is 3. The third-order valence-electron chi connectivity index (χ3n) is 10.8. The molecule has 0 radical (unpaired) electrons. The third kappa shape index (κ3) is 18.6. The van der Waals surface area contributed by atoms with Gasteiger partial charge in [0.25, 0.3) is 0 Å². The van der Waals surface area contributed by atoms with Gasteiger partial charge >= 0.3 is 0 Å². The predicted molar refractivity (Wildman–Crippen MR) is 247 cm³/mol. The fourth-order valence-corrected chi connectivity index (χ4v) is 7.47. The van der Waals surface area contributed by atoms with E-state index in [4.69, 9.17) is 0 Å². The molecule has 0 saturated carbocycles. The highest BCUT2D eigenvalue weighted by atomic mass is 28.3. The van der Waals surface area contributed by atoms with Crippen molar-refractivity contribution in [2.75, 3.05) is 19.8 Å². The molecular formula is C51H82O3Si. The molecule has 0 spiro atoms. The molecule has 0 aliphatic rings. The van der Waals surface area contributed by atoms with Gasteiger partial charge in [0.1, 0.15) is 0 Å². The van der Waals surface area contributed by atoms with Gasteiger partial charge in [-0.25, -0.2) is 0 Å². The summed E-state index contributed by atoms with van der Waals surface area (Å²) >= 11 is 0. The molecule has 308 valence electrons. The molecule has 0 fully saturated rings. The third-order valence-corrected chi connectivity index (χ3v) is 12.9. The number of aryl methyl sites for hydroxylation is 3. The van der Waals surface area contributed by atoms with E-state index in [1.165, 1.54) is 38.9 Å². The number of aliphatic hydroxyl groups is 3. The normalized spacial score (nSPS) is 13.3. The Hall–Kier alpha value is -3.02. The smallest absolute Gasteiger partial charge is 0.0775 e. The lowest BCUT2D eigenvalue weighted by molar-refractivity contribution is 0.237. The summed E-state index contributed by atoms with van der Waals surface area (Å²) in [4.78, 5) is 0. The predicted octanol–water partition coefficient (Wildman–Crippen LogP) is 12.8. The van der Waals surface area contributed by atoms with Crippen molar-refractivity contribution < 1.29 is 15.3 Å². The summed E-state index contributed by atoms with van der Waals surface area (Å²) in [5.41, 5.74) is 9.00. The van der Waals surface area contributed by atoms with Crippen LogP contribution < -0.4 is 5.19 Å².